The molecule has 21 heavy (non-hydrogen) atoms. The van der Waals surface area contributed by atoms with Crippen LogP contribution in [0.2, 0.25) is 0 Å². The highest BCUT2D eigenvalue weighted by molar-refractivity contribution is 7.09. The fourth-order valence-electron chi connectivity index (χ4n) is 3.07. The molecule has 2 atom stereocenters. The smallest absolute Gasteiger partial charge is 0.245 e. The van der Waals surface area contributed by atoms with Gasteiger partial charge >= 0.3 is 0 Å². The molecule has 0 spiro atoms. The van der Waals surface area contributed by atoms with Crippen molar-refractivity contribution in [2.75, 3.05) is 13.1 Å². The summed E-state index contributed by atoms with van der Waals surface area (Å²) in [6.45, 7) is 3.65. The topological polar surface area (TPSA) is 62.3 Å². The maximum Gasteiger partial charge on any atom is 0.245 e. The van der Waals surface area contributed by atoms with Crippen molar-refractivity contribution in [1.29, 1.82) is 0 Å². The summed E-state index contributed by atoms with van der Waals surface area (Å²) in [5, 5.41) is 6.05. The highest BCUT2D eigenvalue weighted by Gasteiger charge is 2.34. The van der Waals surface area contributed by atoms with Crippen LogP contribution in [0.15, 0.2) is 5.38 Å². The van der Waals surface area contributed by atoms with E-state index >= 15 is 0 Å². The number of carbonyl (C=O) groups excluding carboxylic acids is 2. The van der Waals surface area contributed by atoms with Gasteiger partial charge in [-0.1, -0.05) is 6.92 Å². The predicted molar refractivity (Wildman–Crippen MR) is 81.2 cm³/mol. The molecule has 3 heterocycles. The lowest BCUT2D eigenvalue weighted by Crippen LogP contribution is -2.48. The van der Waals surface area contributed by atoms with Gasteiger partial charge in [-0.2, -0.15) is 0 Å². The molecule has 0 radical (unpaired) electrons. The molecule has 0 aromatic carbocycles. The number of hydrogen-bond acceptors (Lipinski definition) is 4. The minimum atomic E-state index is -0.307. The van der Waals surface area contributed by atoms with Crippen LogP contribution in [-0.2, 0) is 16.0 Å². The molecule has 0 saturated carbocycles. The van der Waals surface area contributed by atoms with Crippen LogP contribution < -0.4 is 5.32 Å². The summed E-state index contributed by atoms with van der Waals surface area (Å²) in [6, 6.07) is -0.307. The van der Waals surface area contributed by atoms with Gasteiger partial charge in [-0.25, -0.2) is 4.98 Å². The SMILES string of the molecule is CCc1csc([C@@H]2CCCN(C(=O)[C@H]3CCC(=O)N3)C2)n1. The molecule has 0 bridgehead atoms. The summed E-state index contributed by atoms with van der Waals surface area (Å²) < 4.78 is 0. The summed E-state index contributed by atoms with van der Waals surface area (Å²) >= 11 is 1.71. The van der Waals surface area contributed by atoms with Gasteiger partial charge in [0.15, 0.2) is 0 Å². The third-order valence-electron chi connectivity index (χ3n) is 4.31. The van der Waals surface area contributed by atoms with Crippen molar-refractivity contribution in [1.82, 2.24) is 15.2 Å². The van der Waals surface area contributed by atoms with Gasteiger partial charge in [-0.15, -0.1) is 11.3 Å². The number of amides is 2. The van der Waals surface area contributed by atoms with E-state index in [4.69, 9.17) is 0 Å². The zero-order valence-electron chi connectivity index (χ0n) is 12.3. The van der Waals surface area contributed by atoms with Crippen LogP contribution in [0.25, 0.3) is 0 Å². The van der Waals surface area contributed by atoms with Crippen molar-refractivity contribution < 1.29 is 9.59 Å². The van der Waals surface area contributed by atoms with E-state index in [1.165, 1.54) is 0 Å². The molecule has 0 unspecified atom stereocenters. The van der Waals surface area contributed by atoms with Crippen LogP contribution in [-0.4, -0.2) is 40.8 Å². The van der Waals surface area contributed by atoms with Gasteiger partial charge < -0.3 is 10.2 Å². The minimum Gasteiger partial charge on any atom is -0.344 e. The number of hydrogen-bond donors (Lipinski definition) is 1. The Hall–Kier alpha value is -1.43. The highest BCUT2D eigenvalue weighted by Crippen LogP contribution is 2.30. The fraction of sp³-hybridized carbons (Fsp3) is 0.667. The number of carbonyl (C=O) groups is 2. The van der Waals surface area contributed by atoms with E-state index in [9.17, 15) is 9.59 Å². The number of aryl methyl sites for hydroxylation is 1. The van der Waals surface area contributed by atoms with E-state index in [2.05, 4.69) is 22.6 Å². The normalized spacial score (nSPS) is 26.0. The van der Waals surface area contributed by atoms with Gasteiger partial charge in [0.2, 0.25) is 11.8 Å². The average Bonchev–Trinajstić information content (AvgIpc) is 3.15. The highest BCUT2D eigenvalue weighted by atomic mass is 32.1. The predicted octanol–water partition coefficient (Wildman–Crippen LogP) is 1.69. The van der Waals surface area contributed by atoms with Crippen molar-refractivity contribution in [3.05, 3.63) is 16.1 Å². The van der Waals surface area contributed by atoms with E-state index < -0.39 is 0 Å². The average molecular weight is 307 g/mol. The van der Waals surface area contributed by atoms with Gasteiger partial charge in [0.1, 0.15) is 6.04 Å². The number of rotatable bonds is 3. The number of piperidine rings is 1. The second kappa shape index (κ2) is 6.13. The Labute approximate surface area is 128 Å². The maximum atomic E-state index is 12.5. The second-order valence-corrected chi connectivity index (χ2v) is 6.70. The molecule has 6 heteroatoms. The Kier molecular flexibility index (Phi) is 4.24. The summed E-state index contributed by atoms with van der Waals surface area (Å²) in [5.41, 5.74) is 1.14. The summed E-state index contributed by atoms with van der Waals surface area (Å²) in [4.78, 5) is 30.3. The van der Waals surface area contributed by atoms with Gasteiger partial charge in [0.05, 0.1) is 10.7 Å². The largest absolute Gasteiger partial charge is 0.344 e. The maximum absolute atomic E-state index is 12.5. The molecule has 5 nitrogen and oxygen atoms in total. The zero-order chi connectivity index (χ0) is 14.8. The number of nitrogens with zero attached hydrogens (tertiary/aromatic N) is 2. The van der Waals surface area contributed by atoms with Crippen molar-refractivity contribution in [2.24, 2.45) is 0 Å². The molecule has 114 valence electrons. The Balaban J connectivity index is 1.65. The van der Waals surface area contributed by atoms with Crippen molar-refractivity contribution in [2.45, 2.75) is 51.0 Å². The lowest BCUT2D eigenvalue weighted by atomic mass is 9.98. The molecule has 3 rings (SSSR count). The molecular formula is C15H21N3O2S. The third-order valence-corrected chi connectivity index (χ3v) is 5.36. The molecule has 2 aliphatic heterocycles. The zero-order valence-corrected chi connectivity index (χ0v) is 13.1. The lowest BCUT2D eigenvalue weighted by molar-refractivity contribution is -0.135. The van der Waals surface area contributed by atoms with Gasteiger partial charge in [-0.3, -0.25) is 9.59 Å². The molecule has 2 amide bonds. The first-order chi connectivity index (χ1) is 10.2. The van der Waals surface area contributed by atoms with Gasteiger partial charge in [0, 0.05) is 30.8 Å². The first kappa shape index (κ1) is 14.5. The summed E-state index contributed by atoms with van der Waals surface area (Å²) in [6.07, 6.45) is 4.17. The van der Waals surface area contributed by atoms with Crippen LogP contribution in [0.1, 0.15) is 49.2 Å². The minimum absolute atomic E-state index is 0.00517. The van der Waals surface area contributed by atoms with E-state index in [-0.39, 0.29) is 17.9 Å². The molecule has 1 aromatic rings. The summed E-state index contributed by atoms with van der Waals surface area (Å²) in [7, 11) is 0. The first-order valence-corrected chi connectivity index (χ1v) is 8.57. The Bertz CT molecular complexity index is 543. The monoisotopic (exact) mass is 307 g/mol. The number of thiazole rings is 1. The summed E-state index contributed by atoms with van der Waals surface area (Å²) in [5.74, 6) is 0.428. The van der Waals surface area contributed by atoms with Crippen LogP contribution in [0, 0.1) is 0 Å². The van der Waals surface area contributed by atoms with Crippen LogP contribution in [0.4, 0.5) is 0 Å². The molecule has 0 aliphatic carbocycles. The van der Waals surface area contributed by atoms with Crippen LogP contribution in [0.3, 0.4) is 0 Å². The Morgan fingerprint density at radius 2 is 2.38 bits per heavy atom. The van der Waals surface area contributed by atoms with E-state index in [1.807, 2.05) is 4.90 Å². The Morgan fingerprint density at radius 3 is 3.05 bits per heavy atom. The van der Waals surface area contributed by atoms with Gasteiger partial charge in [0.25, 0.3) is 0 Å². The molecule has 2 aliphatic rings. The standard InChI is InChI=1S/C15H21N3O2S/c1-2-11-9-21-14(16-11)10-4-3-7-18(8-10)15(20)12-5-6-13(19)17-12/h9-10,12H,2-8H2,1H3,(H,17,19)/t10-,12-/m1/s1. The molecule has 1 N–H and O–H groups in total. The van der Waals surface area contributed by atoms with Crippen molar-refractivity contribution in [3.63, 3.8) is 0 Å². The van der Waals surface area contributed by atoms with Crippen LogP contribution in [0.5, 0.6) is 0 Å². The van der Waals surface area contributed by atoms with E-state index in [0.717, 1.165) is 43.1 Å². The van der Waals surface area contributed by atoms with Crippen molar-refractivity contribution in [3.8, 4) is 0 Å². The number of nitrogens with one attached hydrogen (secondary N) is 1. The second-order valence-electron chi connectivity index (χ2n) is 5.81. The molecule has 2 saturated heterocycles. The molecule has 2 fully saturated rings. The number of likely N-dealkylation sites (tertiary alicyclic amines) is 1. The molecule has 1 aromatic heterocycles. The third kappa shape index (κ3) is 3.10. The Morgan fingerprint density at radius 1 is 1.52 bits per heavy atom. The fourth-order valence-corrected chi connectivity index (χ4v) is 4.10. The quantitative estimate of drug-likeness (QED) is 0.924. The lowest BCUT2D eigenvalue weighted by Gasteiger charge is -2.33. The molecular weight excluding hydrogens is 286 g/mol. The first-order valence-electron chi connectivity index (χ1n) is 7.70. The van der Waals surface area contributed by atoms with Crippen molar-refractivity contribution >= 4 is 23.2 Å². The van der Waals surface area contributed by atoms with Crippen LogP contribution >= 0.6 is 11.3 Å². The van der Waals surface area contributed by atoms with E-state index in [1.54, 1.807) is 11.3 Å². The van der Waals surface area contributed by atoms with E-state index in [0.29, 0.717) is 18.8 Å². The number of aromatic nitrogens is 1. The van der Waals surface area contributed by atoms with Gasteiger partial charge in [-0.05, 0) is 25.7 Å².